The van der Waals surface area contributed by atoms with Crippen molar-refractivity contribution in [2.24, 2.45) is 0 Å². The van der Waals surface area contributed by atoms with Crippen molar-refractivity contribution in [3.05, 3.63) is 33.9 Å². The van der Waals surface area contributed by atoms with Gasteiger partial charge in [0.2, 0.25) is 0 Å². The molecule has 1 aliphatic heterocycles. The van der Waals surface area contributed by atoms with E-state index >= 15 is 0 Å². The lowest BCUT2D eigenvalue weighted by atomic mass is 10.1. The van der Waals surface area contributed by atoms with E-state index in [1.165, 1.54) is 6.07 Å². The third-order valence-corrected chi connectivity index (χ3v) is 3.83. The van der Waals surface area contributed by atoms with Crippen molar-refractivity contribution in [1.29, 1.82) is 5.26 Å². The lowest BCUT2D eigenvalue weighted by Gasteiger charge is -2.31. The number of rotatable bonds is 5. The van der Waals surface area contributed by atoms with Crippen LogP contribution in [-0.4, -0.2) is 30.1 Å². The number of anilines is 1. The molecule has 1 aliphatic rings. The molecule has 1 fully saturated rings. The van der Waals surface area contributed by atoms with Crippen LogP contribution in [0.3, 0.4) is 0 Å². The van der Waals surface area contributed by atoms with Crippen molar-refractivity contribution in [2.45, 2.75) is 38.8 Å². The quantitative estimate of drug-likeness (QED) is 0.664. The fourth-order valence-corrected chi connectivity index (χ4v) is 2.78. The van der Waals surface area contributed by atoms with Gasteiger partial charge in [-0.3, -0.25) is 10.1 Å². The van der Waals surface area contributed by atoms with E-state index in [1.54, 1.807) is 12.1 Å². The largest absolute Gasteiger partial charge is 0.362 e. The molecule has 21 heavy (non-hydrogen) atoms. The lowest BCUT2D eigenvalue weighted by molar-refractivity contribution is -0.384. The molecule has 1 N–H and O–H groups in total. The van der Waals surface area contributed by atoms with Gasteiger partial charge in [-0.2, -0.15) is 5.26 Å². The summed E-state index contributed by atoms with van der Waals surface area (Å²) in [5.41, 5.74) is 0.553. The Morgan fingerprint density at radius 2 is 2.33 bits per heavy atom. The molecule has 1 saturated heterocycles. The van der Waals surface area contributed by atoms with Crippen molar-refractivity contribution < 1.29 is 4.92 Å². The maximum absolute atomic E-state index is 11.4. The second-order valence-electron chi connectivity index (χ2n) is 5.58. The van der Waals surface area contributed by atoms with Gasteiger partial charge < -0.3 is 10.2 Å². The third kappa shape index (κ3) is 3.31. The fraction of sp³-hybridized carbons (Fsp3) is 0.533. The molecule has 0 bridgehead atoms. The van der Waals surface area contributed by atoms with Crippen LogP contribution in [0.2, 0.25) is 0 Å². The maximum atomic E-state index is 11.4. The van der Waals surface area contributed by atoms with E-state index in [0.717, 1.165) is 19.4 Å². The Labute approximate surface area is 124 Å². The van der Waals surface area contributed by atoms with E-state index in [9.17, 15) is 10.1 Å². The molecule has 112 valence electrons. The fourth-order valence-electron chi connectivity index (χ4n) is 2.78. The standard InChI is InChI=1S/C15H20N4O2/c1-11(2)18(10-13-6-4-8-17-13)14-7-3-5-12(9-16)15(14)19(20)21/h3,5,7,11,13,17H,4,6,8,10H2,1-2H3. The summed E-state index contributed by atoms with van der Waals surface area (Å²) in [6.45, 7) is 5.74. The van der Waals surface area contributed by atoms with Gasteiger partial charge in [0.05, 0.1) is 4.92 Å². The summed E-state index contributed by atoms with van der Waals surface area (Å²) in [7, 11) is 0. The van der Waals surface area contributed by atoms with Gasteiger partial charge in [-0.05, 0) is 45.4 Å². The summed E-state index contributed by atoms with van der Waals surface area (Å²) in [4.78, 5) is 12.9. The zero-order chi connectivity index (χ0) is 15.4. The molecule has 0 aromatic heterocycles. The van der Waals surface area contributed by atoms with Crippen molar-refractivity contribution >= 4 is 11.4 Å². The highest BCUT2D eigenvalue weighted by atomic mass is 16.6. The molecule has 2 rings (SSSR count). The number of hydrogen-bond donors (Lipinski definition) is 1. The predicted octanol–water partition coefficient (Wildman–Crippen LogP) is 2.43. The van der Waals surface area contributed by atoms with Crippen LogP contribution in [0.25, 0.3) is 0 Å². The molecule has 0 amide bonds. The number of nitrogens with one attached hydrogen (secondary N) is 1. The third-order valence-electron chi connectivity index (χ3n) is 3.83. The Kier molecular flexibility index (Phi) is 4.76. The van der Waals surface area contributed by atoms with E-state index in [0.29, 0.717) is 18.3 Å². The van der Waals surface area contributed by atoms with Crippen molar-refractivity contribution in [2.75, 3.05) is 18.0 Å². The molecule has 0 saturated carbocycles. The van der Waals surface area contributed by atoms with Gasteiger partial charge in [-0.15, -0.1) is 0 Å². The van der Waals surface area contributed by atoms with Crippen LogP contribution >= 0.6 is 0 Å². The lowest BCUT2D eigenvalue weighted by Crippen LogP contribution is -2.41. The highest BCUT2D eigenvalue weighted by molar-refractivity contribution is 5.70. The number of benzene rings is 1. The minimum Gasteiger partial charge on any atom is -0.362 e. The predicted molar refractivity (Wildman–Crippen MR) is 81.3 cm³/mol. The Morgan fingerprint density at radius 1 is 1.57 bits per heavy atom. The Hall–Kier alpha value is -2.13. The first-order chi connectivity index (χ1) is 10.0. The molecule has 1 aromatic rings. The normalized spacial score (nSPS) is 17.7. The van der Waals surface area contributed by atoms with Crippen LogP contribution in [-0.2, 0) is 0 Å². The molecule has 1 unspecified atom stereocenters. The van der Waals surface area contributed by atoms with E-state index in [1.807, 2.05) is 24.8 Å². The molecule has 0 radical (unpaired) electrons. The highest BCUT2D eigenvalue weighted by Crippen LogP contribution is 2.33. The molecule has 0 spiro atoms. The van der Waals surface area contributed by atoms with Gasteiger partial charge in [-0.1, -0.05) is 6.07 Å². The van der Waals surface area contributed by atoms with Gasteiger partial charge in [0.1, 0.15) is 17.3 Å². The minimum atomic E-state index is -0.453. The van der Waals surface area contributed by atoms with Gasteiger partial charge in [-0.25, -0.2) is 0 Å². The monoisotopic (exact) mass is 288 g/mol. The number of nitriles is 1. The van der Waals surface area contributed by atoms with Crippen LogP contribution in [0.15, 0.2) is 18.2 Å². The molecule has 6 nitrogen and oxygen atoms in total. The van der Waals surface area contributed by atoms with Crippen LogP contribution in [0, 0.1) is 21.4 Å². The molecule has 1 aromatic carbocycles. The van der Waals surface area contributed by atoms with Gasteiger partial charge in [0.15, 0.2) is 0 Å². The SMILES string of the molecule is CC(C)N(CC1CCCN1)c1cccc(C#N)c1[N+](=O)[O-]. The molecule has 0 aliphatic carbocycles. The van der Waals surface area contributed by atoms with E-state index < -0.39 is 4.92 Å². The average molecular weight is 288 g/mol. The number of nitrogens with zero attached hydrogens (tertiary/aromatic N) is 3. The number of nitro groups is 1. The van der Waals surface area contributed by atoms with Crippen LogP contribution < -0.4 is 10.2 Å². The zero-order valence-corrected chi connectivity index (χ0v) is 12.4. The number of hydrogen-bond acceptors (Lipinski definition) is 5. The van der Waals surface area contributed by atoms with Crippen molar-refractivity contribution in [3.8, 4) is 6.07 Å². The van der Waals surface area contributed by atoms with E-state index in [4.69, 9.17) is 5.26 Å². The molecular weight excluding hydrogens is 268 g/mol. The first kappa shape index (κ1) is 15.3. The van der Waals surface area contributed by atoms with Crippen LogP contribution in [0.5, 0.6) is 0 Å². The first-order valence-corrected chi connectivity index (χ1v) is 7.22. The molecule has 6 heteroatoms. The number of para-hydroxylation sites is 1. The summed E-state index contributed by atoms with van der Waals surface area (Å²) in [5, 5.41) is 23.9. The van der Waals surface area contributed by atoms with Crippen LogP contribution in [0.1, 0.15) is 32.3 Å². The summed E-state index contributed by atoms with van der Waals surface area (Å²) >= 11 is 0. The van der Waals surface area contributed by atoms with E-state index in [2.05, 4.69) is 5.32 Å². The van der Waals surface area contributed by atoms with Crippen LogP contribution in [0.4, 0.5) is 11.4 Å². The molecular formula is C15H20N4O2. The molecule has 1 heterocycles. The van der Waals surface area contributed by atoms with Gasteiger partial charge in [0, 0.05) is 18.6 Å². The van der Waals surface area contributed by atoms with Gasteiger partial charge in [0.25, 0.3) is 0 Å². The van der Waals surface area contributed by atoms with Crippen molar-refractivity contribution in [1.82, 2.24) is 5.32 Å². The summed E-state index contributed by atoms with van der Waals surface area (Å²) in [6.07, 6.45) is 2.21. The highest BCUT2D eigenvalue weighted by Gasteiger charge is 2.27. The number of nitro benzene ring substituents is 1. The maximum Gasteiger partial charge on any atom is 0.310 e. The Morgan fingerprint density at radius 3 is 2.86 bits per heavy atom. The van der Waals surface area contributed by atoms with Crippen molar-refractivity contribution in [3.63, 3.8) is 0 Å². The smallest absolute Gasteiger partial charge is 0.310 e. The summed E-state index contributed by atoms with van der Waals surface area (Å²) in [6, 6.07) is 7.32. The van der Waals surface area contributed by atoms with Gasteiger partial charge >= 0.3 is 5.69 Å². The topological polar surface area (TPSA) is 82.2 Å². The summed E-state index contributed by atoms with van der Waals surface area (Å²) in [5.74, 6) is 0. The Balaban J connectivity index is 2.40. The zero-order valence-electron chi connectivity index (χ0n) is 12.4. The minimum absolute atomic E-state index is 0.0910. The second kappa shape index (κ2) is 6.55. The van der Waals surface area contributed by atoms with E-state index in [-0.39, 0.29) is 17.3 Å². The Bertz CT molecular complexity index is 559. The first-order valence-electron chi connectivity index (χ1n) is 7.22. The average Bonchev–Trinajstić information content (AvgIpc) is 2.96. The molecule has 1 atom stereocenters. The summed E-state index contributed by atoms with van der Waals surface area (Å²) < 4.78 is 0. The second-order valence-corrected chi connectivity index (χ2v) is 5.58.